The molecule has 1 aromatic rings. The number of anilines is 1. The Morgan fingerprint density at radius 2 is 1.87 bits per heavy atom. The quantitative estimate of drug-likeness (QED) is 0.858. The molecule has 84 valence electrons. The van der Waals surface area contributed by atoms with E-state index in [0.717, 1.165) is 16.3 Å². The van der Waals surface area contributed by atoms with Gasteiger partial charge in [0.25, 0.3) is 0 Å². The third-order valence-electron chi connectivity index (χ3n) is 2.66. The molecule has 3 heteroatoms. The van der Waals surface area contributed by atoms with Crippen LogP contribution in [0.3, 0.4) is 0 Å². The van der Waals surface area contributed by atoms with Crippen LogP contribution < -0.4 is 10.6 Å². The molecular weight excluding hydrogens is 208 g/mol. The lowest BCUT2D eigenvalue weighted by molar-refractivity contribution is 0.753. The molecule has 0 amide bonds. The third kappa shape index (κ3) is 2.86. The van der Waals surface area contributed by atoms with Crippen molar-refractivity contribution < 1.29 is 0 Å². The summed E-state index contributed by atoms with van der Waals surface area (Å²) < 4.78 is 0. The Morgan fingerprint density at radius 1 is 1.27 bits per heavy atom. The Bertz CT molecular complexity index is 334. The predicted octanol–water partition coefficient (Wildman–Crippen LogP) is 3.20. The molecule has 0 bridgehead atoms. The van der Waals surface area contributed by atoms with Crippen LogP contribution in [0.1, 0.15) is 32.4 Å². The molecule has 15 heavy (non-hydrogen) atoms. The van der Waals surface area contributed by atoms with Gasteiger partial charge < -0.3 is 10.6 Å². The van der Waals surface area contributed by atoms with E-state index in [2.05, 4.69) is 31.9 Å². The molecule has 1 unspecified atom stereocenters. The maximum Gasteiger partial charge on any atom is 0.0474 e. The van der Waals surface area contributed by atoms with Crippen molar-refractivity contribution >= 4 is 17.3 Å². The number of nitrogens with zero attached hydrogens (tertiary/aromatic N) is 1. The van der Waals surface area contributed by atoms with E-state index in [1.807, 2.05) is 19.1 Å². The van der Waals surface area contributed by atoms with Crippen molar-refractivity contribution in [1.82, 2.24) is 0 Å². The molecule has 1 aromatic carbocycles. The Kier molecular flexibility index (Phi) is 4.00. The lowest BCUT2D eigenvalue weighted by atomic mass is 10.1. The summed E-state index contributed by atoms with van der Waals surface area (Å²) in [5, 5.41) is 0.745. The summed E-state index contributed by atoms with van der Waals surface area (Å²) in [5.74, 6) is 0. The van der Waals surface area contributed by atoms with Gasteiger partial charge in [-0.2, -0.15) is 0 Å². The van der Waals surface area contributed by atoms with Gasteiger partial charge in [-0.05, 0) is 38.5 Å². The zero-order valence-corrected chi connectivity index (χ0v) is 10.5. The first-order valence-corrected chi connectivity index (χ1v) is 5.59. The molecule has 0 aliphatic heterocycles. The molecule has 1 rings (SSSR count). The van der Waals surface area contributed by atoms with E-state index in [4.69, 9.17) is 17.3 Å². The molecule has 0 fully saturated rings. The second-order valence-electron chi connectivity index (χ2n) is 4.20. The zero-order chi connectivity index (χ0) is 11.6. The highest BCUT2D eigenvalue weighted by Crippen LogP contribution is 2.27. The fourth-order valence-corrected chi connectivity index (χ4v) is 1.75. The minimum absolute atomic E-state index is 0.0177. The van der Waals surface area contributed by atoms with Crippen molar-refractivity contribution in [2.75, 3.05) is 11.9 Å². The van der Waals surface area contributed by atoms with Crippen LogP contribution >= 0.6 is 11.6 Å². The lowest BCUT2D eigenvalue weighted by Gasteiger charge is -2.24. The number of halogens is 1. The number of rotatable bonds is 3. The first-order valence-electron chi connectivity index (χ1n) is 5.21. The molecule has 0 spiro atoms. The summed E-state index contributed by atoms with van der Waals surface area (Å²) in [5.41, 5.74) is 7.92. The van der Waals surface area contributed by atoms with Gasteiger partial charge in [-0.3, -0.25) is 0 Å². The average molecular weight is 227 g/mol. The van der Waals surface area contributed by atoms with E-state index in [1.54, 1.807) is 0 Å². The Morgan fingerprint density at radius 3 is 2.27 bits per heavy atom. The van der Waals surface area contributed by atoms with Gasteiger partial charge in [0.1, 0.15) is 0 Å². The molecule has 0 heterocycles. The number of nitrogens with two attached hydrogens (primary N) is 1. The SMILES string of the molecule is CC(N)c1ccc(N(C)C(C)C)cc1Cl. The van der Waals surface area contributed by atoms with Gasteiger partial charge in [0.05, 0.1) is 0 Å². The highest BCUT2D eigenvalue weighted by molar-refractivity contribution is 6.31. The largest absolute Gasteiger partial charge is 0.372 e. The predicted molar refractivity (Wildman–Crippen MR) is 67.6 cm³/mol. The van der Waals surface area contributed by atoms with Gasteiger partial charge >= 0.3 is 0 Å². The molecule has 0 aliphatic rings. The minimum Gasteiger partial charge on any atom is -0.372 e. The second-order valence-corrected chi connectivity index (χ2v) is 4.61. The third-order valence-corrected chi connectivity index (χ3v) is 2.98. The van der Waals surface area contributed by atoms with E-state index >= 15 is 0 Å². The van der Waals surface area contributed by atoms with Gasteiger partial charge in [-0.15, -0.1) is 0 Å². The summed E-state index contributed by atoms with van der Waals surface area (Å²) in [4.78, 5) is 2.18. The van der Waals surface area contributed by atoms with E-state index in [1.165, 1.54) is 0 Å². The lowest BCUT2D eigenvalue weighted by Crippen LogP contribution is -2.25. The highest BCUT2D eigenvalue weighted by atomic mass is 35.5. The maximum absolute atomic E-state index is 6.17. The first-order chi connectivity index (χ1) is 6.93. The van der Waals surface area contributed by atoms with Crippen LogP contribution in [0.2, 0.25) is 5.02 Å². The molecule has 0 saturated heterocycles. The molecule has 0 radical (unpaired) electrons. The molecule has 2 N–H and O–H groups in total. The fourth-order valence-electron chi connectivity index (χ4n) is 1.40. The van der Waals surface area contributed by atoms with Crippen molar-refractivity contribution in [3.8, 4) is 0 Å². The number of benzene rings is 1. The van der Waals surface area contributed by atoms with E-state index < -0.39 is 0 Å². The normalized spacial score (nSPS) is 13.0. The Labute approximate surface area is 97.0 Å². The van der Waals surface area contributed by atoms with Crippen LogP contribution in [-0.2, 0) is 0 Å². The van der Waals surface area contributed by atoms with Crippen molar-refractivity contribution in [2.24, 2.45) is 5.73 Å². The summed E-state index contributed by atoms with van der Waals surface area (Å²) in [7, 11) is 2.06. The monoisotopic (exact) mass is 226 g/mol. The topological polar surface area (TPSA) is 29.3 Å². The molecule has 0 aliphatic carbocycles. The van der Waals surface area contributed by atoms with Gasteiger partial charge in [-0.1, -0.05) is 17.7 Å². The number of hydrogen-bond acceptors (Lipinski definition) is 2. The Balaban J connectivity index is 3.01. The van der Waals surface area contributed by atoms with Crippen molar-refractivity contribution in [3.05, 3.63) is 28.8 Å². The molecule has 2 nitrogen and oxygen atoms in total. The van der Waals surface area contributed by atoms with E-state index in [-0.39, 0.29) is 6.04 Å². The Hall–Kier alpha value is -0.730. The smallest absolute Gasteiger partial charge is 0.0474 e. The zero-order valence-electron chi connectivity index (χ0n) is 9.79. The van der Waals surface area contributed by atoms with E-state index in [0.29, 0.717) is 6.04 Å². The summed E-state index contributed by atoms with van der Waals surface area (Å²) in [6, 6.07) is 6.48. The standard InChI is InChI=1S/C12H19ClN2/c1-8(2)15(4)10-5-6-11(9(3)14)12(13)7-10/h5-9H,14H2,1-4H3. The minimum atomic E-state index is -0.0177. The van der Waals surface area contributed by atoms with Gasteiger partial charge in [0.2, 0.25) is 0 Å². The van der Waals surface area contributed by atoms with Crippen molar-refractivity contribution in [3.63, 3.8) is 0 Å². The van der Waals surface area contributed by atoms with Crippen LogP contribution in [-0.4, -0.2) is 13.1 Å². The van der Waals surface area contributed by atoms with E-state index in [9.17, 15) is 0 Å². The second kappa shape index (κ2) is 4.86. The van der Waals surface area contributed by atoms with Crippen molar-refractivity contribution in [2.45, 2.75) is 32.9 Å². The average Bonchev–Trinajstić information content (AvgIpc) is 2.15. The molecule has 1 atom stereocenters. The molecule has 0 aromatic heterocycles. The van der Waals surface area contributed by atoms with Gasteiger partial charge in [0.15, 0.2) is 0 Å². The summed E-state index contributed by atoms with van der Waals surface area (Å²) in [6.45, 7) is 6.23. The van der Waals surface area contributed by atoms with Gasteiger partial charge in [0, 0.05) is 29.8 Å². The fraction of sp³-hybridized carbons (Fsp3) is 0.500. The van der Waals surface area contributed by atoms with Crippen LogP contribution in [0.4, 0.5) is 5.69 Å². The maximum atomic E-state index is 6.17. The summed E-state index contributed by atoms with van der Waals surface area (Å²) in [6.07, 6.45) is 0. The first kappa shape index (κ1) is 12.3. The van der Waals surface area contributed by atoms with Crippen LogP contribution in [0.5, 0.6) is 0 Å². The number of hydrogen-bond donors (Lipinski definition) is 1. The van der Waals surface area contributed by atoms with Crippen LogP contribution in [0, 0.1) is 0 Å². The van der Waals surface area contributed by atoms with Crippen molar-refractivity contribution in [1.29, 1.82) is 0 Å². The van der Waals surface area contributed by atoms with Gasteiger partial charge in [-0.25, -0.2) is 0 Å². The molecule has 0 saturated carbocycles. The van der Waals surface area contributed by atoms with Crippen LogP contribution in [0.15, 0.2) is 18.2 Å². The van der Waals surface area contributed by atoms with Crippen LogP contribution in [0.25, 0.3) is 0 Å². The highest BCUT2D eigenvalue weighted by Gasteiger charge is 2.09. The summed E-state index contributed by atoms with van der Waals surface area (Å²) >= 11 is 6.17. The molecular formula is C12H19ClN2.